The Hall–Kier alpha value is -2.31. The van der Waals surface area contributed by atoms with E-state index in [0.29, 0.717) is 12.8 Å². The first kappa shape index (κ1) is 28.9. The minimum absolute atomic E-state index is 0.258. The molecule has 2 heterocycles. The van der Waals surface area contributed by atoms with Crippen molar-refractivity contribution in [3.63, 3.8) is 0 Å². The molecular weight excluding hydrogens is 487 g/mol. The topological polar surface area (TPSA) is 161 Å². The summed E-state index contributed by atoms with van der Waals surface area (Å²) in [6, 6.07) is 1.20. The Morgan fingerprint density at radius 2 is 1.54 bits per heavy atom. The fraction of sp³-hybridized carbons (Fsp3) is 0.714. The van der Waals surface area contributed by atoms with Crippen LogP contribution in [0.2, 0.25) is 0 Å². The van der Waals surface area contributed by atoms with Crippen LogP contribution >= 0.6 is 7.82 Å². The summed E-state index contributed by atoms with van der Waals surface area (Å²) in [7, 11) is -4.35. The van der Waals surface area contributed by atoms with E-state index in [4.69, 9.17) is 27.8 Å². The van der Waals surface area contributed by atoms with Gasteiger partial charge in [0.1, 0.15) is 6.23 Å². The van der Waals surface area contributed by atoms with Gasteiger partial charge in [-0.15, -0.1) is 0 Å². The minimum atomic E-state index is -4.35. The van der Waals surface area contributed by atoms with E-state index in [-0.39, 0.29) is 6.61 Å². The number of ether oxygens (including phenoxy) is 3. The zero-order valence-corrected chi connectivity index (χ0v) is 21.6. The molecule has 13 nitrogen and oxygen atoms in total. The Labute approximate surface area is 202 Å². The largest absolute Gasteiger partial charge is 0.480 e. The smallest absolute Gasteiger partial charge is 0.437 e. The molecule has 14 heteroatoms. The Balaban J connectivity index is 1.98. The van der Waals surface area contributed by atoms with Crippen molar-refractivity contribution < 1.29 is 41.9 Å². The summed E-state index contributed by atoms with van der Waals surface area (Å²) in [6.45, 7) is 8.11. The third kappa shape index (κ3) is 9.01. The summed E-state index contributed by atoms with van der Waals surface area (Å²) in [6.07, 6.45) is 0.939. The number of aromatic amines is 1. The van der Waals surface area contributed by atoms with E-state index in [9.17, 15) is 23.7 Å². The second-order valence-electron chi connectivity index (χ2n) is 9.91. The maximum atomic E-state index is 13.1. The lowest BCUT2D eigenvalue weighted by Gasteiger charge is -2.22. The third-order valence-corrected chi connectivity index (χ3v) is 6.00. The van der Waals surface area contributed by atoms with Crippen LogP contribution in [0, 0.1) is 10.8 Å². The molecule has 198 valence electrons. The van der Waals surface area contributed by atoms with Crippen LogP contribution in [0.15, 0.2) is 21.9 Å². The maximum absolute atomic E-state index is 13.1. The quantitative estimate of drug-likeness (QED) is 0.274. The fourth-order valence-corrected chi connectivity index (χ4v) is 3.61. The highest BCUT2D eigenvalue weighted by atomic mass is 31.2. The van der Waals surface area contributed by atoms with Crippen LogP contribution < -0.4 is 11.2 Å². The molecule has 0 radical (unpaired) electrons. The van der Waals surface area contributed by atoms with Gasteiger partial charge in [-0.2, -0.15) is 0 Å². The van der Waals surface area contributed by atoms with Gasteiger partial charge < -0.3 is 14.2 Å². The van der Waals surface area contributed by atoms with Gasteiger partial charge >= 0.3 is 25.5 Å². The van der Waals surface area contributed by atoms with Gasteiger partial charge in [-0.25, -0.2) is 18.4 Å². The number of H-pyrrole nitrogens is 1. The number of esters is 2. The lowest BCUT2D eigenvalue weighted by Crippen LogP contribution is -2.31. The molecule has 1 aliphatic rings. The van der Waals surface area contributed by atoms with Crippen LogP contribution in [-0.4, -0.2) is 47.8 Å². The molecule has 0 bridgehead atoms. The summed E-state index contributed by atoms with van der Waals surface area (Å²) in [4.78, 5) is 49.2. The van der Waals surface area contributed by atoms with Crippen molar-refractivity contribution in [2.75, 3.05) is 20.2 Å². The number of hydrogen-bond donors (Lipinski definition) is 1. The number of nitrogens with zero attached hydrogens (tertiary/aromatic N) is 1. The first-order valence-electron chi connectivity index (χ1n) is 11.0. The molecule has 0 unspecified atom stereocenters. The average molecular weight is 520 g/mol. The molecule has 1 N–H and O–H groups in total. The van der Waals surface area contributed by atoms with Crippen LogP contribution in [0.1, 0.15) is 60.6 Å². The van der Waals surface area contributed by atoms with E-state index in [1.807, 2.05) is 0 Å². The van der Waals surface area contributed by atoms with E-state index in [2.05, 4.69) is 4.98 Å². The van der Waals surface area contributed by atoms with Gasteiger partial charge in [-0.1, -0.05) is 0 Å². The molecule has 2 atom stereocenters. The molecule has 1 fully saturated rings. The van der Waals surface area contributed by atoms with Crippen LogP contribution in [0.4, 0.5) is 0 Å². The number of carbonyl (C=O) groups excluding carboxylic acids is 2. The number of nitrogens with one attached hydrogen (secondary N) is 1. The van der Waals surface area contributed by atoms with Crippen molar-refractivity contribution in [3.05, 3.63) is 33.1 Å². The predicted octanol–water partition coefficient (Wildman–Crippen LogP) is 2.47. The second-order valence-corrected chi connectivity index (χ2v) is 11.6. The molecular formula is C21H33N2O11P. The third-order valence-electron chi connectivity index (χ3n) is 4.69. The SMILES string of the molecule is CC(C)(C)C(=O)OCOP(=O)(OCOC(=O)C(C)(C)C)OC[C@@H]1CC[C@H](n2ccc(=O)[nH]c2=O)O1. The summed E-state index contributed by atoms with van der Waals surface area (Å²) in [5.74, 6) is -1.20. The van der Waals surface area contributed by atoms with Gasteiger partial charge in [0.25, 0.3) is 5.56 Å². The van der Waals surface area contributed by atoms with Crippen molar-refractivity contribution in [1.82, 2.24) is 9.55 Å². The summed E-state index contributed by atoms with van der Waals surface area (Å²) >= 11 is 0. The van der Waals surface area contributed by atoms with Crippen molar-refractivity contribution in [2.24, 2.45) is 10.8 Å². The predicted molar refractivity (Wildman–Crippen MR) is 121 cm³/mol. The van der Waals surface area contributed by atoms with Gasteiger partial charge in [0, 0.05) is 12.3 Å². The van der Waals surface area contributed by atoms with E-state index >= 15 is 0 Å². The molecule has 0 aliphatic carbocycles. The molecule has 0 saturated carbocycles. The van der Waals surface area contributed by atoms with Crippen molar-refractivity contribution in [2.45, 2.75) is 66.7 Å². The molecule has 1 aliphatic heterocycles. The van der Waals surface area contributed by atoms with Gasteiger partial charge in [0.2, 0.25) is 13.6 Å². The Morgan fingerprint density at radius 3 is 2.03 bits per heavy atom. The van der Waals surface area contributed by atoms with E-state index in [1.165, 1.54) is 16.8 Å². The van der Waals surface area contributed by atoms with Crippen LogP contribution in [0.25, 0.3) is 0 Å². The zero-order valence-electron chi connectivity index (χ0n) is 20.7. The van der Waals surface area contributed by atoms with E-state index in [1.54, 1.807) is 41.5 Å². The monoisotopic (exact) mass is 520 g/mol. The first-order valence-corrected chi connectivity index (χ1v) is 12.4. The maximum Gasteiger partial charge on any atom is 0.480 e. The summed E-state index contributed by atoms with van der Waals surface area (Å²) < 4.78 is 45.5. The van der Waals surface area contributed by atoms with Gasteiger partial charge in [0.15, 0.2) is 0 Å². The van der Waals surface area contributed by atoms with Crippen LogP contribution in [0.5, 0.6) is 0 Å². The zero-order chi connectivity index (χ0) is 26.4. The van der Waals surface area contributed by atoms with Gasteiger partial charge in [0.05, 0.1) is 23.5 Å². The summed E-state index contributed by atoms with van der Waals surface area (Å²) in [5.41, 5.74) is -2.78. The number of phosphoric acid groups is 1. The van der Waals surface area contributed by atoms with Crippen LogP contribution in [-0.2, 0) is 41.9 Å². The molecule has 1 aromatic heterocycles. The Morgan fingerprint density at radius 1 is 1.00 bits per heavy atom. The Kier molecular flexibility index (Phi) is 9.60. The molecule has 35 heavy (non-hydrogen) atoms. The van der Waals surface area contributed by atoms with E-state index in [0.717, 1.165) is 0 Å². The normalized spacial score (nSPS) is 18.9. The number of phosphoric ester groups is 1. The molecule has 1 saturated heterocycles. The lowest BCUT2D eigenvalue weighted by molar-refractivity contribution is -0.163. The molecule has 0 aromatic carbocycles. The standard InChI is InChI=1S/C21H33N2O11P/c1-20(2,3)17(25)29-12-32-35(28,33-13-30-18(26)21(4,5)6)31-11-14-7-8-16(34-14)23-10-9-15(24)22-19(23)27/h9-10,14,16H,7-8,11-13H2,1-6H3,(H,22,24,27)/t14-,16+/m0/s1. The molecule has 2 rings (SSSR count). The Bertz CT molecular complexity index is 1010. The van der Waals surface area contributed by atoms with Crippen LogP contribution in [0.3, 0.4) is 0 Å². The lowest BCUT2D eigenvalue weighted by atomic mass is 9.98. The van der Waals surface area contributed by atoms with Crippen molar-refractivity contribution in [1.29, 1.82) is 0 Å². The highest BCUT2D eigenvalue weighted by molar-refractivity contribution is 7.48. The molecule has 0 spiro atoms. The van der Waals surface area contributed by atoms with E-state index < -0.39 is 67.8 Å². The van der Waals surface area contributed by atoms with Crippen molar-refractivity contribution in [3.8, 4) is 0 Å². The first-order chi connectivity index (χ1) is 16.1. The van der Waals surface area contributed by atoms with Gasteiger partial charge in [-0.05, 0) is 54.4 Å². The highest BCUT2D eigenvalue weighted by Crippen LogP contribution is 2.50. The number of rotatable bonds is 10. The molecule has 0 amide bonds. The summed E-state index contributed by atoms with van der Waals surface area (Å²) in [5, 5.41) is 0. The highest BCUT2D eigenvalue weighted by Gasteiger charge is 2.35. The second kappa shape index (κ2) is 11.6. The minimum Gasteiger partial charge on any atom is -0.437 e. The number of aromatic nitrogens is 2. The van der Waals surface area contributed by atoms with Gasteiger partial charge in [-0.3, -0.25) is 28.5 Å². The van der Waals surface area contributed by atoms with Crippen molar-refractivity contribution >= 4 is 19.8 Å². The number of carbonyl (C=O) groups is 2. The molecule has 1 aromatic rings. The number of hydrogen-bond acceptors (Lipinski definition) is 11. The fourth-order valence-electron chi connectivity index (χ4n) is 2.68. The average Bonchev–Trinajstić information content (AvgIpc) is 3.19.